The number of sulfonamides is 1. The Hall–Kier alpha value is -3.62. The van der Waals surface area contributed by atoms with Crippen LogP contribution in [0.15, 0.2) is 48.8 Å². The van der Waals surface area contributed by atoms with Crippen LogP contribution in [0, 0.1) is 23.0 Å². The van der Waals surface area contributed by atoms with E-state index in [9.17, 15) is 22.5 Å². The molecule has 8 nitrogen and oxygen atoms in total. The van der Waals surface area contributed by atoms with E-state index in [0.29, 0.717) is 31.5 Å². The van der Waals surface area contributed by atoms with Crippen LogP contribution >= 0.6 is 0 Å². The van der Waals surface area contributed by atoms with Crippen LogP contribution in [0.2, 0.25) is 0 Å². The van der Waals surface area contributed by atoms with Gasteiger partial charge in [-0.2, -0.15) is 5.26 Å². The molecule has 2 aromatic heterocycles. The van der Waals surface area contributed by atoms with E-state index in [-0.39, 0.29) is 34.7 Å². The summed E-state index contributed by atoms with van der Waals surface area (Å²) in [6.45, 7) is 0.673. The molecule has 0 radical (unpaired) electrons. The Kier molecular flexibility index (Phi) is 6.72. The Balaban J connectivity index is 1.51. The van der Waals surface area contributed by atoms with Crippen molar-refractivity contribution in [3.05, 3.63) is 66.1 Å². The van der Waals surface area contributed by atoms with Crippen LogP contribution in [0.25, 0.3) is 11.1 Å². The number of ether oxygens (including phenoxy) is 2. The zero-order valence-electron chi connectivity index (χ0n) is 18.1. The van der Waals surface area contributed by atoms with Crippen LogP contribution in [0.4, 0.5) is 8.78 Å². The van der Waals surface area contributed by atoms with Crippen molar-refractivity contribution in [2.75, 3.05) is 19.3 Å². The molecular weight excluding hydrogens is 466 g/mol. The van der Waals surface area contributed by atoms with Gasteiger partial charge in [0.25, 0.3) is 0 Å². The molecule has 0 aliphatic carbocycles. The van der Waals surface area contributed by atoms with Gasteiger partial charge in [-0.25, -0.2) is 26.5 Å². The van der Waals surface area contributed by atoms with E-state index >= 15 is 0 Å². The molecule has 0 N–H and O–H groups in total. The van der Waals surface area contributed by atoms with E-state index in [1.807, 2.05) is 6.07 Å². The molecule has 0 amide bonds. The molecule has 11 heteroatoms. The number of hydrogen-bond donors (Lipinski definition) is 0. The summed E-state index contributed by atoms with van der Waals surface area (Å²) in [5, 5.41) is 9.35. The Morgan fingerprint density at radius 1 is 1.09 bits per heavy atom. The van der Waals surface area contributed by atoms with E-state index in [0.717, 1.165) is 12.1 Å². The Morgan fingerprint density at radius 3 is 2.53 bits per heavy atom. The number of nitrogens with zero attached hydrogens (tertiary/aromatic N) is 4. The van der Waals surface area contributed by atoms with E-state index < -0.39 is 21.7 Å². The fourth-order valence-corrected chi connectivity index (χ4v) is 4.47. The highest BCUT2D eigenvalue weighted by Crippen LogP contribution is 2.30. The minimum Gasteiger partial charge on any atom is -0.474 e. The standard InChI is InChI=1S/C23H20F2N4O4S/c1-34(30,31)29-6-4-18(5-7-29)33-23-11-19(10-17(12-26)28-23)32-20-8-15(13-27-14-20)21-3-2-16(24)9-22(21)25/h2-3,8-11,13-14,18H,4-7H2,1H3. The maximum absolute atomic E-state index is 14.2. The highest BCUT2D eigenvalue weighted by Gasteiger charge is 2.26. The van der Waals surface area contributed by atoms with E-state index in [2.05, 4.69) is 9.97 Å². The number of aromatic nitrogens is 2. The number of halogens is 2. The van der Waals surface area contributed by atoms with E-state index in [1.165, 1.54) is 47.2 Å². The second kappa shape index (κ2) is 9.70. The summed E-state index contributed by atoms with van der Waals surface area (Å²) in [4.78, 5) is 8.20. The number of hydrogen-bond acceptors (Lipinski definition) is 7. The Morgan fingerprint density at radius 2 is 1.85 bits per heavy atom. The molecular formula is C23H20F2N4O4S. The monoisotopic (exact) mass is 486 g/mol. The van der Waals surface area contributed by atoms with Gasteiger partial charge >= 0.3 is 0 Å². The minimum absolute atomic E-state index is 0.0646. The van der Waals surface area contributed by atoms with Crippen LogP contribution in [-0.2, 0) is 10.0 Å². The molecule has 1 saturated heterocycles. The third-order valence-electron chi connectivity index (χ3n) is 5.24. The first-order valence-electron chi connectivity index (χ1n) is 10.3. The van der Waals surface area contributed by atoms with Crippen molar-refractivity contribution >= 4 is 10.0 Å². The summed E-state index contributed by atoms with van der Waals surface area (Å²) in [5.41, 5.74) is 0.615. The van der Waals surface area contributed by atoms with Gasteiger partial charge in [-0.05, 0) is 31.0 Å². The minimum atomic E-state index is -3.25. The number of rotatable bonds is 6. The lowest BCUT2D eigenvalue weighted by Gasteiger charge is -2.30. The first-order chi connectivity index (χ1) is 16.2. The molecule has 1 aromatic carbocycles. The fraction of sp³-hybridized carbons (Fsp3) is 0.261. The molecule has 0 bridgehead atoms. The number of benzene rings is 1. The molecule has 34 heavy (non-hydrogen) atoms. The zero-order valence-corrected chi connectivity index (χ0v) is 18.9. The number of pyridine rings is 2. The lowest BCUT2D eigenvalue weighted by atomic mass is 10.1. The molecule has 4 rings (SSSR count). The molecule has 0 unspecified atom stereocenters. The topological polar surface area (TPSA) is 105 Å². The fourth-order valence-electron chi connectivity index (χ4n) is 3.59. The van der Waals surface area contributed by atoms with Gasteiger partial charge in [-0.3, -0.25) is 4.98 Å². The summed E-state index contributed by atoms with van der Waals surface area (Å²) in [7, 11) is -3.25. The third kappa shape index (κ3) is 5.65. The smallest absolute Gasteiger partial charge is 0.218 e. The highest BCUT2D eigenvalue weighted by atomic mass is 32.2. The van der Waals surface area contributed by atoms with Gasteiger partial charge < -0.3 is 9.47 Å². The Bertz CT molecular complexity index is 1350. The molecule has 1 aliphatic heterocycles. The van der Waals surface area contributed by atoms with Gasteiger partial charge in [0.05, 0.1) is 12.5 Å². The highest BCUT2D eigenvalue weighted by molar-refractivity contribution is 7.88. The maximum Gasteiger partial charge on any atom is 0.218 e. The van der Waals surface area contributed by atoms with Gasteiger partial charge in [0.2, 0.25) is 15.9 Å². The third-order valence-corrected chi connectivity index (χ3v) is 6.54. The molecule has 0 spiro atoms. The molecule has 0 atom stereocenters. The van der Waals surface area contributed by atoms with E-state index in [1.54, 1.807) is 0 Å². The lowest BCUT2D eigenvalue weighted by Crippen LogP contribution is -2.41. The molecule has 3 aromatic rings. The van der Waals surface area contributed by atoms with Crippen LogP contribution in [0.1, 0.15) is 18.5 Å². The predicted octanol–water partition coefficient (Wildman–Crippen LogP) is 3.89. The van der Waals surface area contributed by atoms with Crippen molar-refractivity contribution in [1.82, 2.24) is 14.3 Å². The van der Waals surface area contributed by atoms with E-state index in [4.69, 9.17) is 9.47 Å². The molecule has 3 heterocycles. The summed E-state index contributed by atoms with van der Waals surface area (Å²) in [6.07, 6.45) is 4.71. The van der Waals surface area contributed by atoms with Crippen molar-refractivity contribution in [3.63, 3.8) is 0 Å². The van der Waals surface area contributed by atoms with Gasteiger partial charge in [-0.15, -0.1) is 0 Å². The Labute approximate surface area is 195 Å². The van der Waals surface area contributed by atoms with Crippen molar-refractivity contribution in [2.45, 2.75) is 18.9 Å². The van der Waals surface area contributed by atoms with Gasteiger partial charge in [-0.1, -0.05) is 0 Å². The first-order valence-corrected chi connectivity index (χ1v) is 12.2. The predicted molar refractivity (Wildman–Crippen MR) is 119 cm³/mol. The number of piperidine rings is 1. The zero-order chi connectivity index (χ0) is 24.3. The van der Waals surface area contributed by atoms with Gasteiger partial charge in [0.1, 0.15) is 41.0 Å². The summed E-state index contributed by atoms with van der Waals surface area (Å²) in [5.74, 6) is -0.720. The second-order valence-corrected chi connectivity index (χ2v) is 9.74. The average molecular weight is 487 g/mol. The molecule has 0 saturated carbocycles. The van der Waals surface area contributed by atoms with Crippen molar-refractivity contribution in [2.24, 2.45) is 0 Å². The molecule has 1 fully saturated rings. The summed E-state index contributed by atoms with van der Waals surface area (Å²) < 4.78 is 63.8. The van der Waals surface area contributed by atoms with Crippen molar-refractivity contribution in [1.29, 1.82) is 5.26 Å². The molecule has 176 valence electrons. The summed E-state index contributed by atoms with van der Waals surface area (Å²) >= 11 is 0. The van der Waals surface area contributed by atoms with Crippen LogP contribution in [0.5, 0.6) is 17.4 Å². The quantitative estimate of drug-likeness (QED) is 0.520. The van der Waals surface area contributed by atoms with Gasteiger partial charge in [0.15, 0.2) is 0 Å². The second-order valence-electron chi connectivity index (χ2n) is 7.75. The maximum atomic E-state index is 14.2. The lowest BCUT2D eigenvalue weighted by molar-refractivity contribution is 0.130. The van der Waals surface area contributed by atoms with Crippen LogP contribution in [0.3, 0.4) is 0 Å². The summed E-state index contributed by atoms with van der Waals surface area (Å²) in [6, 6.07) is 9.67. The van der Waals surface area contributed by atoms with Crippen molar-refractivity contribution in [3.8, 4) is 34.6 Å². The molecule has 1 aliphatic rings. The normalized spacial score (nSPS) is 15.0. The first kappa shape index (κ1) is 23.5. The SMILES string of the molecule is CS(=O)(=O)N1CCC(Oc2cc(Oc3cncc(-c4ccc(F)cc4F)c3)cc(C#N)n2)CC1. The number of nitriles is 1. The van der Waals surface area contributed by atoms with Crippen LogP contribution < -0.4 is 9.47 Å². The van der Waals surface area contributed by atoms with Crippen molar-refractivity contribution < 1.29 is 26.7 Å². The average Bonchev–Trinajstić information content (AvgIpc) is 2.79. The van der Waals surface area contributed by atoms with Gasteiger partial charge in [0, 0.05) is 48.6 Å². The largest absolute Gasteiger partial charge is 0.474 e. The van der Waals surface area contributed by atoms with Crippen LogP contribution in [-0.4, -0.2) is 48.1 Å².